The number of rotatable bonds is 5. The van der Waals surface area contributed by atoms with E-state index in [0.29, 0.717) is 0 Å². The third kappa shape index (κ3) is 3.65. The zero-order valence-corrected chi connectivity index (χ0v) is 10.6. The van der Waals surface area contributed by atoms with Crippen LogP contribution in [0.15, 0.2) is 48.7 Å². The number of aromatic nitrogens is 1. The van der Waals surface area contributed by atoms with Crippen molar-refractivity contribution < 1.29 is 0 Å². The van der Waals surface area contributed by atoms with E-state index >= 15 is 0 Å². The predicted molar refractivity (Wildman–Crippen MR) is 73.9 cm³/mol. The summed E-state index contributed by atoms with van der Waals surface area (Å²) in [5.41, 5.74) is 6.52. The van der Waals surface area contributed by atoms with Crippen LogP contribution in [0.3, 0.4) is 0 Å². The lowest BCUT2D eigenvalue weighted by Crippen LogP contribution is -2.38. The largest absolute Gasteiger partial charge is 0.271 e. The first-order valence-corrected chi connectivity index (χ1v) is 6.19. The van der Waals surface area contributed by atoms with E-state index in [0.717, 1.165) is 18.5 Å². The molecule has 1 heterocycles. The summed E-state index contributed by atoms with van der Waals surface area (Å²) < 4.78 is 0. The van der Waals surface area contributed by atoms with Crippen LogP contribution >= 0.6 is 0 Å². The molecule has 0 spiro atoms. The van der Waals surface area contributed by atoms with Crippen LogP contribution in [0.5, 0.6) is 0 Å². The second kappa shape index (κ2) is 6.28. The van der Waals surface area contributed by atoms with Gasteiger partial charge in [-0.3, -0.25) is 16.3 Å². The van der Waals surface area contributed by atoms with Crippen molar-refractivity contribution in [2.45, 2.75) is 25.8 Å². The molecule has 3 N–H and O–H groups in total. The molecular formula is C15H19N3. The van der Waals surface area contributed by atoms with Crippen molar-refractivity contribution in [1.29, 1.82) is 0 Å². The van der Waals surface area contributed by atoms with Gasteiger partial charge in [-0.2, -0.15) is 0 Å². The Bertz CT molecular complexity index is 482. The maximum Gasteiger partial charge on any atom is 0.0419 e. The molecule has 1 aromatic carbocycles. The van der Waals surface area contributed by atoms with Crippen LogP contribution in [0.25, 0.3) is 0 Å². The van der Waals surface area contributed by atoms with E-state index in [4.69, 9.17) is 5.84 Å². The van der Waals surface area contributed by atoms with Crippen molar-refractivity contribution in [2.75, 3.05) is 0 Å². The summed E-state index contributed by atoms with van der Waals surface area (Å²) in [7, 11) is 0. The van der Waals surface area contributed by atoms with E-state index in [1.807, 2.05) is 24.4 Å². The Labute approximate surface area is 108 Å². The van der Waals surface area contributed by atoms with Gasteiger partial charge in [-0.1, -0.05) is 35.9 Å². The van der Waals surface area contributed by atoms with Crippen molar-refractivity contribution in [3.63, 3.8) is 0 Å². The number of pyridine rings is 1. The molecule has 0 aliphatic carbocycles. The van der Waals surface area contributed by atoms with Gasteiger partial charge in [0.25, 0.3) is 0 Å². The van der Waals surface area contributed by atoms with Gasteiger partial charge in [0.15, 0.2) is 0 Å². The molecule has 0 saturated heterocycles. The Morgan fingerprint density at radius 1 is 1.17 bits per heavy atom. The highest BCUT2D eigenvalue weighted by Gasteiger charge is 2.09. The van der Waals surface area contributed by atoms with Gasteiger partial charge in [0, 0.05) is 24.4 Å². The Morgan fingerprint density at radius 2 is 2.06 bits per heavy atom. The summed E-state index contributed by atoms with van der Waals surface area (Å²) in [6, 6.07) is 14.7. The monoisotopic (exact) mass is 241 g/mol. The van der Waals surface area contributed by atoms with E-state index < -0.39 is 0 Å². The molecule has 0 saturated carbocycles. The minimum Gasteiger partial charge on any atom is -0.271 e. The van der Waals surface area contributed by atoms with Crippen LogP contribution in [0.4, 0.5) is 0 Å². The van der Waals surface area contributed by atoms with Gasteiger partial charge >= 0.3 is 0 Å². The molecule has 2 aromatic rings. The van der Waals surface area contributed by atoms with Crippen LogP contribution in [0.1, 0.15) is 16.8 Å². The topological polar surface area (TPSA) is 50.9 Å². The fourth-order valence-corrected chi connectivity index (χ4v) is 2.08. The van der Waals surface area contributed by atoms with Crippen LogP contribution in [-0.2, 0) is 12.8 Å². The predicted octanol–water partition coefficient (Wildman–Crippen LogP) is 2.01. The molecule has 0 aliphatic heterocycles. The zero-order chi connectivity index (χ0) is 12.8. The maximum atomic E-state index is 5.63. The lowest BCUT2D eigenvalue weighted by molar-refractivity contribution is 0.517. The lowest BCUT2D eigenvalue weighted by atomic mass is 10.0. The van der Waals surface area contributed by atoms with Crippen LogP contribution < -0.4 is 11.3 Å². The Hall–Kier alpha value is -1.71. The molecule has 2 rings (SSSR count). The van der Waals surface area contributed by atoms with Crippen molar-refractivity contribution in [3.05, 3.63) is 65.5 Å². The number of nitrogens with two attached hydrogens (primary N) is 1. The van der Waals surface area contributed by atoms with E-state index in [1.165, 1.54) is 11.1 Å². The molecule has 3 nitrogen and oxygen atoms in total. The standard InChI is InChI=1S/C15H19N3/c1-12-5-4-6-13(9-12)10-15(18-16)11-14-7-2-3-8-17-14/h2-9,15,18H,10-11,16H2,1H3. The zero-order valence-electron chi connectivity index (χ0n) is 10.6. The third-order valence-corrected chi connectivity index (χ3v) is 2.98. The minimum atomic E-state index is 0.210. The highest BCUT2D eigenvalue weighted by atomic mass is 15.2. The number of hydrazine groups is 1. The number of hydrogen-bond donors (Lipinski definition) is 2. The SMILES string of the molecule is Cc1cccc(CC(Cc2ccccn2)NN)c1. The molecule has 18 heavy (non-hydrogen) atoms. The molecule has 0 bridgehead atoms. The normalized spacial score (nSPS) is 12.3. The van der Waals surface area contributed by atoms with Crippen LogP contribution in [0, 0.1) is 6.92 Å². The second-order valence-electron chi connectivity index (χ2n) is 4.58. The fraction of sp³-hybridized carbons (Fsp3) is 0.267. The first-order chi connectivity index (χ1) is 8.78. The van der Waals surface area contributed by atoms with Crippen molar-refractivity contribution in [2.24, 2.45) is 5.84 Å². The highest BCUT2D eigenvalue weighted by Crippen LogP contribution is 2.09. The molecule has 1 atom stereocenters. The van der Waals surface area contributed by atoms with Gasteiger partial charge in [0.1, 0.15) is 0 Å². The van der Waals surface area contributed by atoms with E-state index in [-0.39, 0.29) is 6.04 Å². The summed E-state index contributed by atoms with van der Waals surface area (Å²) in [6.07, 6.45) is 3.57. The summed E-state index contributed by atoms with van der Waals surface area (Å²) >= 11 is 0. The number of nitrogens with one attached hydrogen (secondary N) is 1. The van der Waals surface area contributed by atoms with Crippen molar-refractivity contribution in [3.8, 4) is 0 Å². The van der Waals surface area contributed by atoms with Crippen LogP contribution in [0.2, 0.25) is 0 Å². The number of nitrogens with zero attached hydrogens (tertiary/aromatic N) is 1. The first-order valence-electron chi connectivity index (χ1n) is 6.19. The average molecular weight is 241 g/mol. The minimum absolute atomic E-state index is 0.210. The lowest BCUT2D eigenvalue weighted by Gasteiger charge is -2.15. The van der Waals surface area contributed by atoms with Gasteiger partial charge in [-0.15, -0.1) is 0 Å². The summed E-state index contributed by atoms with van der Waals surface area (Å²) in [6.45, 7) is 2.10. The van der Waals surface area contributed by atoms with Gasteiger partial charge < -0.3 is 0 Å². The Morgan fingerprint density at radius 3 is 2.72 bits per heavy atom. The molecule has 94 valence electrons. The fourth-order valence-electron chi connectivity index (χ4n) is 2.08. The maximum absolute atomic E-state index is 5.63. The number of benzene rings is 1. The van der Waals surface area contributed by atoms with E-state index in [9.17, 15) is 0 Å². The Kier molecular flexibility index (Phi) is 4.45. The van der Waals surface area contributed by atoms with E-state index in [1.54, 1.807) is 0 Å². The summed E-state index contributed by atoms with van der Waals surface area (Å²) in [5, 5.41) is 0. The quantitative estimate of drug-likeness (QED) is 0.622. The van der Waals surface area contributed by atoms with Crippen molar-refractivity contribution >= 4 is 0 Å². The molecule has 0 amide bonds. The molecule has 3 heteroatoms. The smallest absolute Gasteiger partial charge is 0.0419 e. The first kappa shape index (κ1) is 12.7. The number of hydrogen-bond acceptors (Lipinski definition) is 3. The molecule has 1 unspecified atom stereocenters. The highest BCUT2D eigenvalue weighted by molar-refractivity contribution is 5.23. The molecular weight excluding hydrogens is 222 g/mol. The van der Waals surface area contributed by atoms with E-state index in [2.05, 4.69) is 41.6 Å². The molecule has 0 aliphatic rings. The van der Waals surface area contributed by atoms with Gasteiger partial charge in [0.05, 0.1) is 0 Å². The average Bonchev–Trinajstić information content (AvgIpc) is 2.39. The van der Waals surface area contributed by atoms with Gasteiger partial charge in [-0.25, -0.2) is 0 Å². The second-order valence-corrected chi connectivity index (χ2v) is 4.58. The molecule has 0 radical (unpaired) electrons. The van der Waals surface area contributed by atoms with Gasteiger partial charge in [0.2, 0.25) is 0 Å². The summed E-state index contributed by atoms with van der Waals surface area (Å²) in [4.78, 5) is 4.33. The molecule has 1 aromatic heterocycles. The number of aryl methyl sites for hydroxylation is 1. The van der Waals surface area contributed by atoms with Crippen LogP contribution in [-0.4, -0.2) is 11.0 Å². The summed E-state index contributed by atoms with van der Waals surface area (Å²) in [5.74, 6) is 5.63. The molecule has 0 fully saturated rings. The third-order valence-electron chi connectivity index (χ3n) is 2.98. The van der Waals surface area contributed by atoms with Gasteiger partial charge in [-0.05, 0) is 31.0 Å². The van der Waals surface area contributed by atoms with Crippen molar-refractivity contribution in [1.82, 2.24) is 10.4 Å². The Balaban J connectivity index is 2.01.